The fraction of sp³-hybridized carbons (Fsp3) is 0.462. The molecule has 1 aromatic carbocycles. The summed E-state index contributed by atoms with van der Waals surface area (Å²) in [5, 5.41) is 15.4. The van der Waals surface area contributed by atoms with Gasteiger partial charge in [0.1, 0.15) is 6.61 Å². The van der Waals surface area contributed by atoms with Crippen LogP contribution in [-0.2, 0) is 21.6 Å². The molecule has 2 atom stereocenters. The number of hydrogen-bond donors (Lipinski definition) is 3. The second-order valence-corrected chi connectivity index (χ2v) is 7.68. The van der Waals surface area contributed by atoms with Crippen LogP contribution >= 0.6 is 12.6 Å². The van der Waals surface area contributed by atoms with Gasteiger partial charge >= 0.3 is 6.09 Å². The molecule has 0 aromatic heterocycles. The number of amides is 1. The van der Waals surface area contributed by atoms with Crippen LogP contribution in [0.1, 0.15) is 12.0 Å². The lowest BCUT2D eigenvalue weighted by Gasteiger charge is -2.23. The van der Waals surface area contributed by atoms with Gasteiger partial charge in [0.05, 0.1) is 4.92 Å². The lowest BCUT2D eigenvalue weighted by Crippen LogP contribution is -2.44. The second-order valence-electron chi connectivity index (χ2n) is 5.57. The van der Waals surface area contributed by atoms with Gasteiger partial charge in [-0.2, -0.15) is 21.0 Å². The number of nitro benzene ring substituents is 1. The molecule has 0 spiro atoms. The van der Waals surface area contributed by atoms with Crippen LogP contribution in [0.4, 0.5) is 10.5 Å². The molecule has 0 radical (unpaired) electrons. The lowest BCUT2D eigenvalue weighted by atomic mass is 10.2. The summed E-state index contributed by atoms with van der Waals surface area (Å²) in [6, 6.07) is 5.22. The zero-order chi connectivity index (χ0) is 18.6. The molecule has 12 heteroatoms. The third kappa shape index (κ3) is 5.85. The lowest BCUT2D eigenvalue weighted by molar-refractivity contribution is -0.384. The zero-order valence-electron chi connectivity index (χ0n) is 13.1. The van der Waals surface area contributed by atoms with Crippen LogP contribution in [0.15, 0.2) is 24.3 Å². The molecule has 138 valence electrons. The number of ether oxygens (including phenoxy) is 1. The Kier molecular flexibility index (Phi) is 6.21. The van der Waals surface area contributed by atoms with Crippen molar-refractivity contribution in [1.29, 1.82) is 0 Å². The summed E-state index contributed by atoms with van der Waals surface area (Å²) in [7, 11) is -3.85. The molecule has 1 aliphatic rings. The monoisotopic (exact) mass is 390 g/mol. The Hall–Kier alpha value is -1.89. The SMILES string of the molecule is NS(=O)(=O)NC[C@H]1C[C@H](S)CN1C(=O)OCc1ccc([N+](=O)[O-])cc1. The van der Waals surface area contributed by atoms with Gasteiger partial charge in [-0.15, -0.1) is 0 Å². The van der Waals surface area contributed by atoms with Crippen molar-refractivity contribution in [2.24, 2.45) is 5.14 Å². The summed E-state index contributed by atoms with van der Waals surface area (Å²) in [6.07, 6.45) is -0.116. The van der Waals surface area contributed by atoms with Gasteiger partial charge in [-0.05, 0) is 24.1 Å². The summed E-state index contributed by atoms with van der Waals surface area (Å²) >= 11 is 4.32. The third-order valence-electron chi connectivity index (χ3n) is 3.66. The topological polar surface area (TPSA) is 145 Å². The Bertz CT molecular complexity index is 739. The van der Waals surface area contributed by atoms with Gasteiger partial charge in [-0.1, -0.05) is 0 Å². The van der Waals surface area contributed by atoms with Crippen LogP contribution < -0.4 is 9.86 Å². The Balaban J connectivity index is 1.92. The van der Waals surface area contributed by atoms with E-state index in [-0.39, 0.29) is 24.1 Å². The highest BCUT2D eigenvalue weighted by Crippen LogP contribution is 2.23. The predicted octanol–water partition coefficient (Wildman–Crippen LogP) is 0.397. The van der Waals surface area contributed by atoms with E-state index in [4.69, 9.17) is 9.88 Å². The zero-order valence-corrected chi connectivity index (χ0v) is 14.8. The number of carbonyl (C=O) groups excluding carboxylic acids is 1. The minimum atomic E-state index is -3.85. The number of nitrogens with zero attached hydrogens (tertiary/aromatic N) is 2. The molecule has 0 bridgehead atoms. The molecule has 1 saturated heterocycles. The molecule has 1 amide bonds. The van der Waals surface area contributed by atoms with Crippen molar-refractivity contribution < 1.29 is 22.9 Å². The van der Waals surface area contributed by atoms with Gasteiger partial charge in [-0.3, -0.25) is 10.1 Å². The number of non-ortho nitro benzene ring substituents is 1. The van der Waals surface area contributed by atoms with E-state index >= 15 is 0 Å². The Morgan fingerprint density at radius 1 is 1.44 bits per heavy atom. The number of benzene rings is 1. The summed E-state index contributed by atoms with van der Waals surface area (Å²) in [5.41, 5.74) is 0.543. The van der Waals surface area contributed by atoms with E-state index in [9.17, 15) is 23.3 Å². The van der Waals surface area contributed by atoms with Crippen LogP contribution in [-0.4, -0.2) is 48.7 Å². The first-order chi connectivity index (χ1) is 11.7. The molecule has 1 heterocycles. The summed E-state index contributed by atoms with van der Waals surface area (Å²) in [6.45, 7) is 0.238. The number of nitrogens with one attached hydrogen (secondary N) is 1. The molecule has 10 nitrogen and oxygen atoms in total. The van der Waals surface area contributed by atoms with Gasteiger partial charge in [0.25, 0.3) is 15.9 Å². The molecular formula is C13H18N4O6S2. The Morgan fingerprint density at radius 2 is 2.08 bits per heavy atom. The molecule has 0 aliphatic carbocycles. The smallest absolute Gasteiger partial charge is 0.410 e. The van der Waals surface area contributed by atoms with E-state index in [2.05, 4.69) is 17.4 Å². The number of carbonyl (C=O) groups is 1. The molecule has 25 heavy (non-hydrogen) atoms. The maximum absolute atomic E-state index is 12.2. The molecular weight excluding hydrogens is 372 g/mol. The number of nitrogens with two attached hydrogens (primary N) is 1. The van der Waals surface area contributed by atoms with E-state index in [1.165, 1.54) is 29.2 Å². The largest absolute Gasteiger partial charge is 0.445 e. The fourth-order valence-corrected chi connectivity index (χ4v) is 3.31. The highest BCUT2D eigenvalue weighted by atomic mass is 32.2. The summed E-state index contributed by atoms with van der Waals surface area (Å²) in [4.78, 5) is 23.7. The van der Waals surface area contributed by atoms with Gasteiger partial charge in [0.2, 0.25) is 0 Å². The third-order valence-corrected chi connectivity index (χ3v) is 4.60. The van der Waals surface area contributed by atoms with E-state index in [0.717, 1.165) is 0 Å². The van der Waals surface area contributed by atoms with Crippen molar-refractivity contribution in [1.82, 2.24) is 9.62 Å². The molecule has 1 fully saturated rings. The minimum absolute atomic E-state index is 0.0253. The quantitative estimate of drug-likeness (QED) is 0.364. The van der Waals surface area contributed by atoms with Crippen LogP contribution in [0.2, 0.25) is 0 Å². The molecule has 3 N–H and O–H groups in total. The van der Waals surface area contributed by atoms with Gasteiger partial charge in [0.15, 0.2) is 0 Å². The van der Waals surface area contributed by atoms with Crippen molar-refractivity contribution in [3.8, 4) is 0 Å². The standard InChI is InChI=1S/C13H18N4O6S2/c14-25(21,22)15-6-11-5-12(24)7-16(11)13(18)23-8-9-1-3-10(4-2-9)17(19)20/h1-4,11-12,15,24H,5-8H2,(H2,14,21,22)/t11-,12+/m1/s1. The van der Waals surface area contributed by atoms with Crippen molar-refractivity contribution >= 4 is 34.6 Å². The van der Waals surface area contributed by atoms with Crippen molar-refractivity contribution in [3.63, 3.8) is 0 Å². The fourth-order valence-electron chi connectivity index (χ4n) is 2.46. The first kappa shape index (κ1) is 19.4. The predicted molar refractivity (Wildman–Crippen MR) is 92.3 cm³/mol. The summed E-state index contributed by atoms with van der Waals surface area (Å²) < 4.78 is 29.4. The molecule has 0 saturated carbocycles. The minimum Gasteiger partial charge on any atom is -0.445 e. The number of thiol groups is 1. The summed E-state index contributed by atoms with van der Waals surface area (Å²) in [5.74, 6) is 0. The van der Waals surface area contributed by atoms with E-state index < -0.39 is 27.3 Å². The highest BCUT2D eigenvalue weighted by molar-refractivity contribution is 7.87. The van der Waals surface area contributed by atoms with Gasteiger partial charge in [0, 0.05) is 36.5 Å². The highest BCUT2D eigenvalue weighted by Gasteiger charge is 2.35. The van der Waals surface area contributed by atoms with Crippen molar-refractivity contribution in [3.05, 3.63) is 39.9 Å². The normalized spacial score (nSPS) is 20.5. The average Bonchev–Trinajstić information content (AvgIpc) is 2.91. The van der Waals surface area contributed by atoms with E-state index in [1.54, 1.807) is 0 Å². The molecule has 1 aromatic rings. The number of hydrogen-bond acceptors (Lipinski definition) is 7. The van der Waals surface area contributed by atoms with Gasteiger partial charge in [-0.25, -0.2) is 14.7 Å². The van der Waals surface area contributed by atoms with Crippen LogP contribution in [0.5, 0.6) is 0 Å². The maximum Gasteiger partial charge on any atom is 0.410 e. The number of nitro groups is 1. The average molecular weight is 390 g/mol. The van der Waals surface area contributed by atoms with Crippen LogP contribution in [0, 0.1) is 10.1 Å². The van der Waals surface area contributed by atoms with Crippen molar-refractivity contribution in [2.45, 2.75) is 24.3 Å². The number of likely N-dealkylation sites (tertiary alicyclic amines) is 1. The van der Waals surface area contributed by atoms with Crippen LogP contribution in [0.25, 0.3) is 0 Å². The number of rotatable bonds is 6. The maximum atomic E-state index is 12.2. The molecule has 2 rings (SSSR count). The first-order valence-electron chi connectivity index (χ1n) is 7.28. The molecule has 1 aliphatic heterocycles. The van der Waals surface area contributed by atoms with Crippen molar-refractivity contribution in [2.75, 3.05) is 13.1 Å². The Labute approximate surface area is 150 Å². The molecule has 0 unspecified atom stereocenters. The van der Waals surface area contributed by atoms with E-state index in [0.29, 0.717) is 18.5 Å². The Morgan fingerprint density at radius 3 is 2.64 bits per heavy atom. The van der Waals surface area contributed by atoms with Crippen LogP contribution in [0.3, 0.4) is 0 Å². The van der Waals surface area contributed by atoms with E-state index in [1.807, 2.05) is 0 Å². The van der Waals surface area contributed by atoms with Gasteiger partial charge < -0.3 is 9.64 Å². The second kappa shape index (κ2) is 7.99. The first-order valence-corrected chi connectivity index (χ1v) is 9.34.